The summed E-state index contributed by atoms with van der Waals surface area (Å²) in [6, 6.07) is 15.2. The first-order valence-electron chi connectivity index (χ1n) is 8.01. The molecule has 0 amide bonds. The van der Waals surface area contributed by atoms with Crippen LogP contribution in [0.15, 0.2) is 42.5 Å². The average Bonchev–Trinajstić information content (AvgIpc) is 2.52. The summed E-state index contributed by atoms with van der Waals surface area (Å²) in [5, 5.41) is 0. The van der Waals surface area contributed by atoms with Crippen molar-refractivity contribution in [3.8, 4) is 0 Å². The molecule has 3 nitrogen and oxygen atoms in total. The van der Waals surface area contributed by atoms with Crippen LogP contribution in [-0.4, -0.2) is 31.1 Å². The Balaban J connectivity index is 1.58. The predicted molar refractivity (Wildman–Crippen MR) is 94.3 cm³/mol. The van der Waals surface area contributed by atoms with E-state index in [0.29, 0.717) is 0 Å². The van der Waals surface area contributed by atoms with Gasteiger partial charge in [-0.1, -0.05) is 24.3 Å². The van der Waals surface area contributed by atoms with Gasteiger partial charge in [0.25, 0.3) is 0 Å². The van der Waals surface area contributed by atoms with Crippen LogP contribution in [0.25, 0.3) is 0 Å². The van der Waals surface area contributed by atoms with Gasteiger partial charge in [0.15, 0.2) is 0 Å². The molecule has 1 heterocycles. The van der Waals surface area contributed by atoms with Crippen LogP contribution in [0.1, 0.15) is 16.7 Å². The Bertz CT molecular complexity index is 643. The maximum atomic E-state index is 6.01. The minimum atomic E-state index is 0.899. The van der Waals surface area contributed by atoms with Gasteiger partial charge in [-0.15, -0.1) is 0 Å². The Morgan fingerprint density at radius 1 is 0.955 bits per heavy atom. The minimum Gasteiger partial charge on any atom is -0.399 e. The molecule has 116 valence electrons. The lowest BCUT2D eigenvalue weighted by molar-refractivity contribution is 0.250. The number of benzene rings is 2. The van der Waals surface area contributed by atoms with Crippen LogP contribution in [0.5, 0.6) is 0 Å². The molecule has 0 atom stereocenters. The normalized spacial score (nSPS) is 16.0. The van der Waals surface area contributed by atoms with Gasteiger partial charge in [0.2, 0.25) is 0 Å². The Labute approximate surface area is 133 Å². The van der Waals surface area contributed by atoms with E-state index in [1.165, 1.54) is 16.8 Å². The largest absolute Gasteiger partial charge is 0.399 e. The second-order valence-corrected chi connectivity index (χ2v) is 6.29. The van der Waals surface area contributed by atoms with Gasteiger partial charge in [-0.2, -0.15) is 0 Å². The molecule has 0 aromatic heterocycles. The standard InChI is InChI=1S/C19H25N3/c1-15-4-3-5-18(12-15)22-10-8-21(9-11-22)14-17-7-6-16(2)19(20)13-17/h3-7,12-13H,8-11,14,20H2,1-2H3. The lowest BCUT2D eigenvalue weighted by Crippen LogP contribution is -2.46. The molecule has 1 saturated heterocycles. The molecule has 22 heavy (non-hydrogen) atoms. The molecular weight excluding hydrogens is 270 g/mol. The maximum absolute atomic E-state index is 6.01. The molecule has 0 radical (unpaired) electrons. The van der Waals surface area contributed by atoms with Gasteiger partial charge in [0.1, 0.15) is 0 Å². The minimum absolute atomic E-state index is 0.899. The first-order chi connectivity index (χ1) is 10.6. The maximum Gasteiger partial charge on any atom is 0.0369 e. The Kier molecular flexibility index (Phi) is 4.34. The second-order valence-electron chi connectivity index (χ2n) is 6.29. The molecule has 0 aliphatic carbocycles. The van der Waals surface area contributed by atoms with Crippen LogP contribution in [0.4, 0.5) is 11.4 Å². The van der Waals surface area contributed by atoms with Crippen LogP contribution in [0.2, 0.25) is 0 Å². The number of anilines is 2. The lowest BCUT2D eigenvalue weighted by atomic mass is 10.1. The molecular formula is C19H25N3. The molecule has 0 saturated carbocycles. The van der Waals surface area contributed by atoms with E-state index in [-0.39, 0.29) is 0 Å². The van der Waals surface area contributed by atoms with Crippen LogP contribution in [0.3, 0.4) is 0 Å². The Morgan fingerprint density at radius 3 is 2.41 bits per heavy atom. The highest BCUT2D eigenvalue weighted by Crippen LogP contribution is 2.19. The van der Waals surface area contributed by atoms with Crippen molar-refractivity contribution >= 4 is 11.4 Å². The zero-order valence-electron chi connectivity index (χ0n) is 13.5. The fourth-order valence-corrected chi connectivity index (χ4v) is 3.04. The highest BCUT2D eigenvalue weighted by Gasteiger charge is 2.17. The summed E-state index contributed by atoms with van der Waals surface area (Å²) in [6.45, 7) is 9.58. The van der Waals surface area contributed by atoms with Gasteiger partial charge in [-0.3, -0.25) is 4.90 Å². The SMILES string of the molecule is Cc1cccc(N2CCN(Cc3ccc(C)c(N)c3)CC2)c1. The molecule has 0 unspecified atom stereocenters. The topological polar surface area (TPSA) is 32.5 Å². The van der Waals surface area contributed by atoms with Crippen molar-refractivity contribution in [2.75, 3.05) is 36.8 Å². The van der Waals surface area contributed by atoms with Crippen LogP contribution in [0, 0.1) is 13.8 Å². The number of rotatable bonds is 3. The third-order valence-corrected chi connectivity index (χ3v) is 4.49. The van der Waals surface area contributed by atoms with E-state index in [4.69, 9.17) is 5.73 Å². The zero-order chi connectivity index (χ0) is 15.5. The van der Waals surface area contributed by atoms with Gasteiger partial charge < -0.3 is 10.6 Å². The number of hydrogen-bond acceptors (Lipinski definition) is 3. The summed E-state index contributed by atoms with van der Waals surface area (Å²) in [6.07, 6.45) is 0. The van der Waals surface area contributed by atoms with Crippen molar-refractivity contribution in [3.63, 3.8) is 0 Å². The van der Waals surface area contributed by atoms with E-state index in [9.17, 15) is 0 Å². The first kappa shape index (κ1) is 14.9. The number of piperazine rings is 1. The summed E-state index contributed by atoms with van der Waals surface area (Å²) in [5.41, 5.74) is 12.1. The first-order valence-corrected chi connectivity index (χ1v) is 8.01. The van der Waals surface area contributed by atoms with E-state index >= 15 is 0 Å². The molecule has 1 fully saturated rings. The third-order valence-electron chi connectivity index (χ3n) is 4.49. The van der Waals surface area contributed by atoms with E-state index in [1.54, 1.807) is 0 Å². The van der Waals surface area contributed by atoms with Crippen molar-refractivity contribution in [1.29, 1.82) is 0 Å². The molecule has 2 N–H and O–H groups in total. The number of hydrogen-bond donors (Lipinski definition) is 1. The second kappa shape index (κ2) is 6.41. The van der Waals surface area contributed by atoms with Crippen LogP contribution >= 0.6 is 0 Å². The number of nitrogens with two attached hydrogens (primary N) is 1. The smallest absolute Gasteiger partial charge is 0.0369 e. The molecule has 2 aromatic carbocycles. The lowest BCUT2D eigenvalue weighted by Gasteiger charge is -2.36. The summed E-state index contributed by atoms with van der Waals surface area (Å²) in [7, 11) is 0. The number of nitrogen functional groups attached to an aromatic ring is 1. The molecule has 0 spiro atoms. The van der Waals surface area contributed by atoms with Crippen molar-refractivity contribution in [3.05, 3.63) is 59.2 Å². The van der Waals surface area contributed by atoms with Gasteiger partial charge >= 0.3 is 0 Å². The van der Waals surface area contributed by atoms with E-state index in [0.717, 1.165) is 44.0 Å². The molecule has 3 heteroatoms. The summed E-state index contributed by atoms with van der Waals surface area (Å²) in [5.74, 6) is 0. The van der Waals surface area contributed by atoms with Gasteiger partial charge in [0, 0.05) is 44.1 Å². The van der Waals surface area contributed by atoms with Crippen molar-refractivity contribution in [2.24, 2.45) is 0 Å². The van der Waals surface area contributed by atoms with Crippen molar-refractivity contribution < 1.29 is 0 Å². The molecule has 3 rings (SSSR count). The predicted octanol–water partition coefficient (Wildman–Crippen LogP) is 3.21. The van der Waals surface area contributed by atoms with E-state index in [1.807, 2.05) is 0 Å². The molecule has 0 bridgehead atoms. The summed E-state index contributed by atoms with van der Waals surface area (Å²) < 4.78 is 0. The quantitative estimate of drug-likeness (QED) is 0.883. The van der Waals surface area contributed by atoms with Crippen LogP contribution < -0.4 is 10.6 Å². The highest BCUT2D eigenvalue weighted by molar-refractivity contribution is 5.49. The monoisotopic (exact) mass is 295 g/mol. The average molecular weight is 295 g/mol. The van der Waals surface area contributed by atoms with Gasteiger partial charge in [-0.25, -0.2) is 0 Å². The van der Waals surface area contributed by atoms with Gasteiger partial charge in [0.05, 0.1) is 0 Å². The van der Waals surface area contributed by atoms with E-state index in [2.05, 4.69) is 66.1 Å². The summed E-state index contributed by atoms with van der Waals surface area (Å²) in [4.78, 5) is 4.99. The number of aryl methyl sites for hydroxylation is 2. The highest BCUT2D eigenvalue weighted by atomic mass is 15.3. The fraction of sp³-hybridized carbons (Fsp3) is 0.368. The van der Waals surface area contributed by atoms with E-state index < -0.39 is 0 Å². The van der Waals surface area contributed by atoms with Gasteiger partial charge in [-0.05, 0) is 48.7 Å². The van der Waals surface area contributed by atoms with Crippen molar-refractivity contribution in [1.82, 2.24) is 4.90 Å². The molecule has 1 aliphatic heterocycles. The molecule has 1 aliphatic rings. The van der Waals surface area contributed by atoms with Crippen LogP contribution in [-0.2, 0) is 6.54 Å². The third kappa shape index (κ3) is 3.42. The zero-order valence-corrected chi connectivity index (χ0v) is 13.5. The van der Waals surface area contributed by atoms with Crippen molar-refractivity contribution in [2.45, 2.75) is 20.4 Å². The number of nitrogens with zero attached hydrogens (tertiary/aromatic N) is 2. The summed E-state index contributed by atoms with van der Waals surface area (Å²) >= 11 is 0. The molecule has 2 aromatic rings. The Hall–Kier alpha value is -2.00. The fourth-order valence-electron chi connectivity index (χ4n) is 3.04. The Morgan fingerprint density at radius 2 is 1.73 bits per heavy atom.